The second-order valence-electron chi connectivity index (χ2n) is 3.84. The molecule has 1 fully saturated rings. The Morgan fingerprint density at radius 2 is 1.83 bits per heavy atom. The molecule has 4 heteroatoms. The van der Waals surface area contributed by atoms with Crippen molar-refractivity contribution < 1.29 is 9.90 Å². The first kappa shape index (κ1) is 13.3. The van der Waals surface area contributed by atoms with Gasteiger partial charge in [-0.1, -0.05) is 18.2 Å². The minimum absolute atomic E-state index is 0.0139. The smallest absolute Gasteiger partial charge is 0.180 e. The summed E-state index contributed by atoms with van der Waals surface area (Å²) in [6.45, 7) is 0. The van der Waals surface area contributed by atoms with Gasteiger partial charge in [0.25, 0.3) is 0 Å². The Morgan fingerprint density at radius 3 is 2.50 bits per heavy atom. The molecule has 1 aromatic carbocycles. The lowest BCUT2D eigenvalue weighted by atomic mass is 10.2. The highest BCUT2D eigenvalue weighted by Gasteiger charge is 2.07. The molecule has 0 atom stereocenters. The van der Waals surface area contributed by atoms with Gasteiger partial charge in [-0.15, -0.1) is 23.5 Å². The van der Waals surface area contributed by atoms with Crippen LogP contribution in [0.25, 0.3) is 6.08 Å². The van der Waals surface area contributed by atoms with Crippen LogP contribution < -0.4 is 0 Å². The highest BCUT2D eigenvalue weighted by molar-refractivity contribution is 8.22. The van der Waals surface area contributed by atoms with Crippen LogP contribution in [0.2, 0.25) is 0 Å². The molecular formula is C14H14O2S2. The predicted octanol–water partition coefficient (Wildman–Crippen LogP) is 3.69. The molecule has 0 unspecified atom stereocenters. The van der Waals surface area contributed by atoms with Crippen LogP contribution in [-0.4, -0.2) is 22.4 Å². The number of aromatic hydroxyl groups is 1. The molecule has 1 aliphatic rings. The first-order valence-electron chi connectivity index (χ1n) is 5.72. The van der Waals surface area contributed by atoms with E-state index in [-0.39, 0.29) is 11.5 Å². The van der Waals surface area contributed by atoms with Gasteiger partial charge in [0, 0.05) is 10.3 Å². The van der Waals surface area contributed by atoms with Gasteiger partial charge in [-0.2, -0.15) is 0 Å². The number of phenolic OH excluding ortho intramolecular Hbond substituents is 1. The van der Waals surface area contributed by atoms with Crippen molar-refractivity contribution >= 4 is 35.4 Å². The number of allylic oxidation sites excluding steroid dienone is 2. The highest BCUT2D eigenvalue weighted by Crippen LogP contribution is 2.34. The number of hydrogen-bond acceptors (Lipinski definition) is 4. The fourth-order valence-corrected chi connectivity index (χ4v) is 3.85. The fraction of sp³-hybridized carbons (Fsp3) is 0.214. The van der Waals surface area contributed by atoms with E-state index in [9.17, 15) is 4.79 Å². The van der Waals surface area contributed by atoms with Crippen LogP contribution in [0.3, 0.4) is 0 Å². The summed E-state index contributed by atoms with van der Waals surface area (Å²) in [6, 6.07) is 6.76. The molecule has 1 N–H and O–H groups in total. The number of benzene rings is 1. The summed E-state index contributed by atoms with van der Waals surface area (Å²) < 4.78 is 1.11. The third-order valence-corrected chi connectivity index (χ3v) is 4.87. The Hall–Kier alpha value is -1.13. The molecule has 0 aliphatic carbocycles. The van der Waals surface area contributed by atoms with Gasteiger partial charge in [0.15, 0.2) is 5.78 Å². The van der Waals surface area contributed by atoms with E-state index in [1.165, 1.54) is 6.42 Å². The molecule has 1 saturated heterocycles. The molecule has 1 aliphatic heterocycles. The normalized spacial score (nSPS) is 15.9. The molecule has 18 heavy (non-hydrogen) atoms. The SMILES string of the molecule is O=C(C=C1SCCCS1)/C=C/c1ccc(O)cc1. The number of hydrogen-bond donors (Lipinski definition) is 1. The van der Waals surface area contributed by atoms with E-state index in [1.807, 2.05) is 0 Å². The number of rotatable bonds is 3. The van der Waals surface area contributed by atoms with Crippen molar-refractivity contribution in [3.63, 3.8) is 0 Å². The molecule has 0 aromatic heterocycles. The lowest BCUT2D eigenvalue weighted by Crippen LogP contribution is -1.94. The molecule has 0 radical (unpaired) electrons. The lowest BCUT2D eigenvalue weighted by molar-refractivity contribution is -0.110. The summed E-state index contributed by atoms with van der Waals surface area (Å²) in [5, 5.41) is 9.14. The van der Waals surface area contributed by atoms with Crippen molar-refractivity contribution in [2.75, 3.05) is 11.5 Å². The van der Waals surface area contributed by atoms with Gasteiger partial charge in [0.1, 0.15) is 5.75 Å². The van der Waals surface area contributed by atoms with Crippen LogP contribution in [0.1, 0.15) is 12.0 Å². The van der Waals surface area contributed by atoms with Crippen LogP contribution in [0.5, 0.6) is 5.75 Å². The van der Waals surface area contributed by atoms with E-state index in [0.29, 0.717) is 0 Å². The molecule has 0 spiro atoms. The third-order valence-electron chi connectivity index (χ3n) is 2.37. The zero-order valence-corrected chi connectivity index (χ0v) is 11.5. The van der Waals surface area contributed by atoms with E-state index in [1.54, 1.807) is 66.0 Å². The Bertz CT molecular complexity index is 467. The Morgan fingerprint density at radius 1 is 1.17 bits per heavy atom. The zero-order chi connectivity index (χ0) is 12.8. The van der Waals surface area contributed by atoms with Crippen LogP contribution in [0.15, 0.2) is 40.7 Å². The maximum Gasteiger partial charge on any atom is 0.180 e. The monoisotopic (exact) mass is 278 g/mol. The Balaban J connectivity index is 1.96. The van der Waals surface area contributed by atoms with Crippen LogP contribution in [0.4, 0.5) is 0 Å². The first-order valence-corrected chi connectivity index (χ1v) is 7.69. The quantitative estimate of drug-likeness (QED) is 0.856. The summed E-state index contributed by atoms with van der Waals surface area (Å²) in [5.74, 6) is 2.46. The van der Waals surface area contributed by atoms with Crippen LogP contribution in [-0.2, 0) is 4.79 Å². The van der Waals surface area contributed by atoms with Gasteiger partial charge < -0.3 is 5.11 Å². The summed E-state index contributed by atoms with van der Waals surface area (Å²) in [6.07, 6.45) is 6.24. The lowest BCUT2D eigenvalue weighted by Gasteiger charge is -2.11. The van der Waals surface area contributed by atoms with E-state index in [0.717, 1.165) is 21.3 Å². The summed E-state index contributed by atoms with van der Waals surface area (Å²) in [5.41, 5.74) is 0.906. The average Bonchev–Trinajstić information content (AvgIpc) is 2.39. The molecule has 2 nitrogen and oxygen atoms in total. The average molecular weight is 278 g/mol. The largest absolute Gasteiger partial charge is 0.508 e. The van der Waals surface area contributed by atoms with Gasteiger partial charge in [-0.05, 0) is 41.7 Å². The highest BCUT2D eigenvalue weighted by atomic mass is 32.2. The van der Waals surface area contributed by atoms with E-state index in [2.05, 4.69) is 0 Å². The number of carbonyl (C=O) groups excluding carboxylic acids is 1. The Labute approximate surface area is 115 Å². The molecular weight excluding hydrogens is 264 g/mol. The van der Waals surface area contributed by atoms with Gasteiger partial charge in [-0.3, -0.25) is 4.79 Å². The first-order chi connectivity index (χ1) is 8.74. The van der Waals surface area contributed by atoms with Crippen molar-refractivity contribution in [1.29, 1.82) is 0 Å². The van der Waals surface area contributed by atoms with Crippen LogP contribution >= 0.6 is 23.5 Å². The number of phenols is 1. The maximum absolute atomic E-state index is 11.7. The summed E-state index contributed by atoms with van der Waals surface area (Å²) in [4.78, 5) is 11.7. The van der Waals surface area contributed by atoms with Crippen molar-refractivity contribution in [1.82, 2.24) is 0 Å². The van der Waals surface area contributed by atoms with E-state index in [4.69, 9.17) is 5.11 Å². The number of carbonyl (C=O) groups is 1. The topological polar surface area (TPSA) is 37.3 Å². The molecule has 2 rings (SSSR count). The van der Waals surface area contributed by atoms with Crippen molar-refractivity contribution in [3.05, 3.63) is 46.2 Å². The summed E-state index contributed by atoms with van der Waals surface area (Å²) >= 11 is 3.50. The second-order valence-corrected chi connectivity index (χ2v) is 6.37. The second kappa shape index (κ2) is 6.71. The predicted molar refractivity (Wildman–Crippen MR) is 79.8 cm³/mol. The van der Waals surface area contributed by atoms with Crippen LogP contribution in [0, 0.1) is 0 Å². The standard InChI is InChI=1S/C14H14O2S2/c15-12-5-2-11(3-6-12)4-7-13(16)10-14-17-8-1-9-18-14/h2-7,10,15H,1,8-9H2/b7-4+. The van der Waals surface area contributed by atoms with Crippen molar-refractivity contribution in [2.45, 2.75) is 6.42 Å². The summed E-state index contributed by atoms with van der Waals surface area (Å²) in [7, 11) is 0. The zero-order valence-electron chi connectivity index (χ0n) is 9.83. The minimum atomic E-state index is 0.0139. The van der Waals surface area contributed by atoms with Gasteiger partial charge in [0.2, 0.25) is 0 Å². The number of ketones is 1. The maximum atomic E-state index is 11.7. The minimum Gasteiger partial charge on any atom is -0.508 e. The molecule has 1 heterocycles. The molecule has 0 bridgehead atoms. The molecule has 94 valence electrons. The fourth-order valence-electron chi connectivity index (χ4n) is 1.46. The van der Waals surface area contributed by atoms with Gasteiger partial charge in [0.05, 0.1) is 0 Å². The third kappa shape index (κ3) is 4.27. The van der Waals surface area contributed by atoms with E-state index >= 15 is 0 Å². The van der Waals surface area contributed by atoms with Gasteiger partial charge in [-0.25, -0.2) is 0 Å². The Kier molecular flexibility index (Phi) is 4.96. The molecule has 0 saturated carbocycles. The van der Waals surface area contributed by atoms with Crippen molar-refractivity contribution in [2.24, 2.45) is 0 Å². The number of thioether (sulfide) groups is 2. The molecule has 0 amide bonds. The van der Waals surface area contributed by atoms with E-state index < -0.39 is 0 Å². The molecule has 1 aromatic rings. The van der Waals surface area contributed by atoms with Gasteiger partial charge >= 0.3 is 0 Å². The van der Waals surface area contributed by atoms with Crippen molar-refractivity contribution in [3.8, 4) is 5.75 Å².